The predicted molar refractivity (Wildman–Crippen MR) is 89.3 cm³/mol. The first-order valence-corrected chi connectivity index (χ1v) is 9.03. The van der Waals surface area contributed by atoms with Crippen molar-refractivity contribution in [3.63, 3.8) is 0 Å². The summed E-state index contributed by atoms with van der Waals surface area (Å²) in [6.45, 7) is 1.89. The summed E-state index contributed by atoms with van der Waals surface area (Å²) in [6, 6.07) is 1.27. The molecule has 0 fully saturated rings. The number of benzene rings is 1. The van der Waals surface area contributed by atoms with Gasteiger partial charge in [0.15, 0.2) is 5.75 Å². The summed E-state index contributed by atoms with van der Waals surface area (Å²) in [4.78, 5) is 23.5. The quantitative estimate of drug-likeness (QED) is 0.577. The monoisotopic (exact) mass is 374 g/mol. The average molecular weight is 374 g/mol. The Labute approximate surface area is 146 Å². The van der Waals surface area contributed by atoms with Gasteiger partial charge in [0.25, 0.3) is 5.91 Å². The third kappa shape index (κ3) is 5.07. The summed E-state index contributed by atoms with van der Waals surface area (Å²) < 4.78 is 33.5. The van der Waals surface area contributed by atoms with E-state index in [1.165, 1.54) is 20.3 Å². The van der Waals surface area contributed by atoms with Gasteiger partial charge < -0.3 is 19.9 Å². The van der Waals surface area contributed by atoms with Gasteiger partial charge in [-0.25, -0.2) is 18.4 Å². The molecule has 1 aromatic rings. The van der Waals surface area contributed by atoms with Crippen LogP contribution in [0, 0.1) is 0 Å². The fraction of sp³-hybridized carbons (Fsp3) is 0.467. The van der Waals surface area contributed by atoms with Gasteiger partial charge in [-0.3, -0.25) is 4.79 Å². The predicted octanol–water partition coefficient (Wildman–Crippen LogP) is 0.724. The van der Waals surface area contributed by atoms with E-state index in [0.29, 0.717) is 6.42 Å². The lowest BCUT2D eigenvalue weighted by Gasteiger charge is -2.18. The molecule has 1 rings (SSSR count). The van der Waals surface area contributed by atoms with Crippen LogP contribution in [0.5, 0.6) is 11.5 Å². The Morgan fingerprint density at radius 1 is 1.28 bits per heavy atom. The molecule has 1 atom stereocenters. The molecule has 0 aromatic heterocycles. The summed E-state index contributed by atoms with van der Waals surface area (Å²) in [6.07, 6.45) is 1.59. The lowest BCUT2D eigenvalue weighted by atomic mass is 10.1. The first kappa shape index (κ1) is 20.7. The molecule has 0 aliphatic heterocycles. The van der Waals surface area contributed by atoms with E-state index in [4.69, 9.17) is 14.6 Å². The van der Waals surface area contributed by atoms with Crippen LogP contribution in [-0.2, 0) is 14.8 Å². The number of unbranched alkanes of at least 4 members (excludes halogenated alkanes) is 1. The third-order valence-electron chi connectivity index (χ3n) is 3.49. The minimum absolute atomic E-state index is 0.0291. The van der Waals surface area contributed by atoms with E-state index in [2.05, 4.69) is 5.32 Å². The van der Waals surface area contributed by atoms with Gasteiger partial charge in [-0.1, -0.05) is 19.8 Å². The zero-order valence-corrected chi connectivity index (χ0v) is 15.1. The number of methoxy groups -OCH3 is 2. The van der Waals surface area contributed by atoms with Crippen molar-refractivity contribution in [2.45, 2.75) is 37.1 Å². The van der Waals surface area contributed by atoms with Gasteiger partial charge in [-0.15, -0.1) is 0 Å². The Balaban J connectivity index is 3.38. The van der Waals surface area contributed by atoms with Crippen molar-refractivity contribution in [1.82, 2.24) is 5.32 Å². The fourth-order valence-electron chi connectivity index (χ4n) is 2.25. The average Bonchev–Trinajstić information content (AvgIpc) is 2.55. The Morgan fingerprint density at radius 3 is 2.36 bits per heavy atom. The molecule has 0 aliphatic carbocycles. The fourth-order valence-corrected chi connectivity index (χ4v) is 2.95. The number of hydrogen-bond donors (Lipinski definition) is 3. The molecule has 9 nitrogen and oxygen atoms in total. The number of nitrogens with two attached hydrogens (primary N) is 1. The third-order valence-corrected chi connectivity index (χ3v) is 4.43. The molecule has 140 valence electrons. The van der Waals surface area contributed by atoms with E-state index in [0.717, 1.165) is 12.5 Å². The van der Waals surface area contributed by atoms with Crippen molar-refractivity contribution in [3.8, 4) is 11.5 Å². The highest BCUT2D eigenvalue weighted by molar-refractivity contribution is 7.89. The minimum Gasteiger partial charge on any atom is -0.496 e. The second-order valence-corrected chi connectivity index (χ2v) is 6.76. The van der Waals surface area contributed by atoms with Gasteiger partial charge >= 0.3 is 5.97 Å². The van der Waals surface area contributed by atoms with Gasteiger partial charge in [0.1, 0.15) is 22.3 Å². The molecule has 4 N–H and O–H groups in total. The smallest absolute Gasteiger partial charge is 0.326 e. The van der Waals surface area contributed by atoms with E-state index in [-0.39, 0.29) is 23.5 Å². The molecule has 1 aromatic carbocycles. The summed E-state index contributed by atoms with van der Waals surface area (Å²) in [7, 11) is -1.70. The van der Waals surface area contributed by atoms with Crippen molar-refractivity contribution in [2.24, 2.45) is 5.14 Å². The molecule has 10 heteroatoms. The van der Waals surface area contributed by atoms with Gasteiger partial charge in [0, 0.05) is 0 Å². The molecule has 0 saturated carbocycles. The standard InChI is InChI=1S/C15H22N2O7S/c1-4-5-6-9(15(19)20)17-14(18)12-10(23-2)7-8-11(13(12)24-3)25(16,21)22/h7-9H,4-6H2,1-3H3,(H,17,18)(H,19,20)(H2,16,21,22). The maximum atomic E-state index is 12.6. The van der Waals surface area contributed by atoms with Gasteiger partial charge in [-0.05, 0) is 18.6 Å². The molecule has 0 saturated heterocycles. The normalized spacial score (nSPS) is 12.3. The molecular formula is C15H22N2O7S. The number of primary sulfonamides is 1. The highest BCUT2D eigenvalue weighted by Gasteiger charge is 2.29. The Bertz CT molecular complexity index is 746. The second kappa shape index (κ2) is 8.67. The van der Waals surface area contributed by atoms with Crippen LogP contribution in [0.2, 0.25) is 0 Å². The zero-order valence-electron chi connectivity index (χ0n) is 14.2. The van der Waals surface area contributed by atoms with Gasteiger partial charge in [0.2, 0.25) is 10.0 Å². The molecular weight excluding hydrogens is 352 g/mol. The molecule has 0 bridgehead atoms. The Morgan fingerprint density at radius 2 is 1.92 bits per heavy atom. The second-order valence-electron chi connectivity index (χ2n) is 5.23. The lowest BCUT2D eigenvalue weighted by molar-refractivity contribution is -0.139. The number of hydrogen-bond acceptors (Lipinski definition) is 6. The number of carboxylic acids is 1. The maximum absolute atomic E-state index is 12.6. The van der Waals surface area contributed by atoms with Crippen molar-refractivity contribution < 1.29 is 32.6 Å². The number of ether oxygens (including phenoxy) is 2. The molecule has 25 heavy (non-hydrogen) atoms. The zero-order chi connectivity index (χ0) is 19.2. The van der Waals surface area contributed by atoms with E-state index >= 15 is 0 Å². The topological polar surface area (TPSA) is 145 Å². The molecule has 0 heterocycles. The van der Waals surface area contributed by atoms with Crippen LogP contribution in [0.4, 0.5) is 0 Å². The number of sulfonamides is 1. The van der Waals surface area contributed by atoms with E-state index in [1.807, 2.05) is 6.92 Å². The summed E-state index contributed by atoms with van der Waals surface area (Å²) in [5, 5.41) is 16.7. The van der Waals surface area contributed by atoms with Crippen molar-refractivity contribution in [3.05, 3.63) is 17.7 Å². The number of carboxylic acid groups (broad SMARTS) is 1. The van der Waals surface area contributed by atoms with E-state index in [1.54, 1.807) is 0 Å². The van der Waals surface area contributed by atoms with E-state index < -0.39 is 32.8 Å². The molecule has 1 unspecified atom stereocenters. The summed E-state index contributed by atoms with van der Waals surface area (Å²) in [5.74, 6) is -2.30. The molecule has 0 radical (unpaired) electrons. The Hall–Kier alpha value is -2.33. The van der Waals surface area contributed by atoms with Crippen LogP contribution in [0.25, 0.3) is 0 Å². The number of carbonyl (C=O) groups excluding carboxylic acids is 1. The first-order chi connectivity index (χ1) is 11.7. The minimum atomic E-state index is -4.16. The SMILES string of the molecule is CCCCC(NC(=O)c1c(OC)ccc(S(N)(=O)=O)c1OC)C(=O)O. The number of aliphatic carboxylic acids is 1. The van der Waals surface area contributed by atoms with E-state index in [9.17, 15) is 23.1 Å². The van der Waals surface area contributed by atoms with Crippen LogP contribution in [-0.4, -0.2) is 45.7 Å². The number of rotatable bonds is 9. The van der Waals surface area contributed by atoms with Crippen LogP contribution in [0.15, 0.2) is 17.0 Å². The highest BCUT2D eigenvalue weighted by atomic mass is 32.2. The molecule has 0 aliphatic rings. The molecule has 0 spiro atoms. The molecule has 1 amide bonds. The summed E-state index contributed by atoms with van der Waals surface area (Å²) in [5.41, 5.74) is -0.237. The first-order valence-electron chi connectivity index (χ1n) is 7.48. The number of amides is 1. The van der Waals surface area contributed by atoms with Crippen molar-refractivity contribution in [1.29, 1.82) is 0 Å². The van der Waals surface area contributed by atoms with Crippen LogP contribution < -0.4 is 19.9 Å². The number of nitrogens with one attached hydrogen (secondary N) is 1. The van der Waals surface area contributed by atoms with Crippen molar-refractivity contribution >= 4 is 21.9 Å². The maximum Gasteiger partial charge on any atom is 0.326 e. The summed E-state index contributed by atoms with van der Waals surface area (Å²) >= 11 is 0. The highest BCUT2D eigenvalue weighted by Crippen LogP contribution is 2.34. The van der Waals surface area contributed by atoms with Crippen LogP contribution >= 0.6 is 0 Å². The lowest BCUT2D eigenvalue weighted by Crippen LogP contribution is -2.41. The van der Waals surface area contributed by atoms with Gasteiger partial charge in [-0.2, -0.15) is 0 Å². The van der Waals surface area contributed by atoms with Crippen LogP contribution in [0.3, 0.4) is 0 Å². The van der Waals surface area contributed by atoms with Crippen LogP contribution in [0.1, 0.15) is 36.5 Å². The largest absolute Gasteiger partial charge is 0.496 e. The Kier molecular flexibility index (Phi) is 7.19. The van der Waals surface area contributed by atoms with Crippen molar-refractivity contribution in [2.75, 3.05) is 14.2 Å². The van der Waals surface area contributed by atoms with Gasteiger partial charge in [0.05, 0.1) is 14.2 Å². The number of carbonyl (C=O) groups is 2.